The minimum atomic E-state index is -0.900. The van der Waals surface area contributed by atoms with Gasteiger partial charge < -0.3 is 19.7 Å². The number of hydrogen-bond donors (Lipinski definition) is 2. The number of esters is 1. The predicted octanol–water partition coefficient (Wildman–Crippen LogP) is 2.67. The van der Waals surface area contributed by atoms with Crippen molar-refractivity contribution in [1.82, 2.24) is 0 Å². The van der Waals surface area contributed by atoms with Crippen molar-refractivity contribution in [2.75, 3.05) is 7.11 Å². The Bertz CT molecular complexity index is 620. The topological polar surface area (TPSA) is 79.3 Å². The van der Waals surface area contributed by atoms with Crippen molar-refractivity contribution in [3.63, 3.8) is 0 Å². The summed E-state index contributed by atoms with van der Waals surface area (Å²) in [4.78, 5) is 12.6. The van der Waals surface area contributed by atoms with Gasteiger partial charge in [-0.3, -0.25) is 4.79 Å². The molecule has 0 unspecified atom stereocenters. The lowest BCUT2D eigenvalue weighted by Crippen LogP contribution is -2.67. The molecule has 4 rings (SSSR count). The van der Waals surface area contributed by atoms with Crippen molar-refractivity contribution < 1.29 is 24.5 Å². The van der Waals surface area contributed by atoms with E-state index < -0.39 is 22.7 Å². The van der Waals surface area contributed by atoms with Crippen LogP contribution in [0.4, 0.5) is 0 Å². The molecule has 0 bridgehead atoms. The van der Waals surface area contributed by atoms with E-state index in [-0.39, 0.29) is 35.2 Å². The van der Waals surface area contributed by atoms with E-state index in [1.165, 1.54) is 7.11 Å². The Balaban J connectivity index is 1.72. The summed E-state index contributed by atoms with van der Waals surface area (Å²) in [6.45, 7) is 8.39. The second-order valence-corrected chi connectivity index (χ2v) is 10.2. The predicted molar refractivity (Wildman–Crippen MR) is 96.3 cm³/mol. The van der Waals surface area contributed by atoms with Crippen molar-refractivity contribution >= 4 is 5.97 Å². The monoisotopic (exact) mass is 366 g/mol. The van der Waals surface area contributed by atoms with Crippen molar-refractivity contribution in [1.29, 1.82) is 0 Å². The first-order valence-corrected chi connectivity index (χ1v) is 10.2. The zero-order chi connectivity index (χ0) is 19.1. The number of aliphatic hydroxyl groups excluding tert-OH is 1. The largest absolute Gasteiger partial charge is 0.469 e. The highest BCUT2D eigenvalue weighted by molar-refractivity contribution is 5.77. The molecule has 4 aliphatic rings. The van der Waals surface area contributed by atoms with Crippen LogP contribution in [0.1, 0.15) is 66.2 Å². The molecule has 3 saturated carbocycles. The fraction of sp³-hybridized carbons (Fsp3) is 0.952. The average molecular weight is 366 g/mol. The van der Waals surface area contributed by atoms with Gasteiger partial charge in [0.2, 0.25) is 0 Å². The fourth-order valence-electron chi connectivity index (χ4n) is 7.51. The van der Waals surface area contributed by atoms with Crippen LogP contribution >= 0.6 is 0 Å². The SMILES string of the molecule is COC(=O)[C@]1(C)CCC[C@]2(C)[C@H]3C[C@H](O)[C@]4(C(C)C)O[C@@H]4[C@@]3(O)CC[C@H]21. The first-order chi connectivity index (χ1) is 12.1. The third kappa shape index (κ3) is 2.00. The average Bonchev–Trinajstić information content (AvgIpc) is 3.35. The molecule has 0 aromatic heterocycles. The van der Waals surface area contributed by atoms with Gasteiger partial charge in [0.1, 0.15) is 11.7 Å². The second kappa shape index (κ2) is 5.45. The summed E-state index contributed by atoms with van der Waals surface area (Å²) in [5.41, 5.74) is -2.19. The number of rotatable bonds is 2. The van der Waals surface area contributed by atoms with E-state index in [2.05, 4.69) is 20.8 Å². The molecular formula is C21H34O5. The number of hydrogen-bond acceptors (Lipinski definition) is 5. The molecule has 0 spiro atoms. The molecule has 4 fully saturated rings. The summed E-state index contributed by atoms with van der Waals surface area (Å²) >= 11 is 0. The van der Waals surface area contributed by atoms with Gasteiger partial charge in [-0.05, 0) is 62.2 Å². The molecule has 0 radical (unpaired) electrons. The molecule has 26 heavy (non-hydrogen) atoms. The van der Waals surface area contributed by atoms with E-state index in [9.17, 15) is 15.0 Å². The molecule has 1 saturated heterocycles. The number of ether oxygens (including phenoxy) is 2. The molecular weight excluding hydrogens is 332 g/mol. The molecule has 8 atom stereocenters. The number of fused-ring (bicyclic) bond motifs is 5. The van der Waals surface area contributed by atoms with E-state index in [0.717, 1.165) is 25.7 Å². The first-order valence-electron chi connectivity index (χ1n) is 10.2. The van der Waals surface area contributed by atoms with E-state index in [1.807, 2.05) is 6.92 Å². The Kier molecular flexibility index (Phi) is 3.92. The molecule has 5 heteroatoms. The number of carbonyl (C=O) groups excluding carboxylic acids is 1. The quantitative estimate of drug-likeness (QED) is 0.580. The third-order valence-electron chi connectivity index (χ3n) is 8.87. The third-order valence-corrected chi connectivity index (χ3v) is 8.87. The number of carbonyl (C=O) groups is 1. The lowest BCUT2D eigenvalue weighted by molar-refractivity contribution is -0.212. The van der Waals surface area contributed by atoms with E-state index in [0.29, 0.717) is 12.8 Å². The van der Waals surface area contributed by atoms with Crippen molar-refractivity contribution in [3.05, 3.63) is 0 Å². The van der Waals surface area contributed by atoms with Crippen LogP contribution in [-0.4, -0.2) is 46.7 Å². The fourth-order valence-corrected chi connectivity index (χ4v) is 7.51. The first kappa shape index (κ1) is 18.7. The molecule has 5 nitrogen and oxygen atoms in total. The van der Waals surface area contributed by atoms with Gasteiger partial charge in [-0.25, -0.2) is 0 Å². The molecule has 0 amide bonds. The summed E-state index contributed by atoms with van der Waals surface area (Å²) < 4.78 is 11.2. The molecule has 0 aromatic rings. The van der Waals surface area contributed by atoms with E-state index in [4.69, 9.17) is 9.47 Å². The highest BCUT2D eigenvalue weighted by Crippen LogP contribution is 2.70. The maximum Gasteiger partial charge on any atom is 0.311 e. The van der Waals surface area contributed by atoms with Crippen LogP contribution < -0.4 is 0 Å². The maximum absolute atomic E-state index is 12.6. The van der Waals surface area contributed by atoms with Gasteiger partial charge in [0, 0.05) is 0 Å². The summed E-state index contributed by atoms with van der Waals surface area (Å²) in [5, 5.41) is 22.7. The summed E-state index contributed by atoms with van der Waals surface area (Å²) in [5.74, 6) is 0.158. The zero-order valence-electron chi connectivity index (χ0n) is 16.7. The van der Waals surface area contributed by atoms with Gasteiger partial charge >= 0.3 is 5.97 Å². The Hall–Kier alpha value is -0.650. The lowest BCUT2D eigenvalue weighted by atomic mass is 9.42. The van der Waals surface area contributed by atoms with Crippen molar-refractivity contribution in [3.8, 4) is 0 Å². The van der Waals surface area contributed by atoms with Gasteiger partial charge in [0.05, 0.1) is 24.2 Å². The smallest absolute Gasteiger partial charge is 0.311 e. The lowest BCUT2D eigenvalue weighted by Gasteiger charge is -2.63. The second-order valence-electron chi connectivity index (χ2n) is 10.2. The van der Waals surface area contributed by atoms with Gasteiger partial charge in [-0.2, -0.15) is 0 Å². The normalized spacial score (nSPS) is 55.5. The van der Waals surface area contributed by atoms with E-state index in [1.54, 1.807) is 0 Å². The number of epoxide rings is 1. The van der Waals surface area contributed by atoms with Crippen LogP contribution in [0.5, 0.6) is 0 Å². The summed E-state index contributed by atoms with van der Waals surface area (Å²) in [6, 6.07) is 0. The summed E-state index contributed by atoms with van der Waals surface area (Å²) in [6.07, 6.45) is 3.91. The molecule has 1 aliphatic heterocycles. The van der Waals surface area contributed by atoms with Crippen molar-refractivity contribution in [2.24, 2.45) is 28.6 Å². The van der Waals surface area contributed by atoms with Crippen LogP contribution in [0.25, 0.3) is 0 Å². The Labute approximate surface area is 156 Å². The van der Waals surface area contributed by atoms with Gasteiger partial charge in [0.15, 0.2) is 0 Å². The number of aliphatic hydroxyl groups is 2. The highest BCUT2D eigenvalue weighted by Gasteiger charge is 2.78. The standard InChI is InChI=1S/C21H34O5/c1-12(2)21-15(22)11-14-18(3)8-6-9-19(4,17(23)25-5)13(18)7-10-20(14,24)16(21)26-21/h12-16,22,24H,6-11H2,1-5H3/t13-,14-,15+,16-,18+,19-,20-,21+/m1/s1. The van der Waals surface area contributed by atoms with Crippen LogP contribution in [0.15, 0.2) is 0 Å². The molecule has 1 heterocycles. The molecule has 2 N–H and O–H groups in total. The molecule has 3 aliphatic carbocycles. The summed E-state index contributed by atoms with van der Waals surface area (Å²) in [7, 11) is 1.47. The van der Waals surface area contributed by atoms with Gasteiger partial charge in [-0.1, -0.05) is 27.2 Å². The van der Waals surface area contributed by atoms with E-state index >= 15 is 0 Å². The minimum absolute atomic E-state index is 0.0487. The Morgan fingerprint density at radius 1 is 1.19 bits per heavy atom. The van der Waals surface area contributed by atoms with Crippen molar-refractivity contribution in [2.45, 2.75) is 89.6 Å². The van der Waals surface area contributed by atoms with Gasteiger partial charge in [0.25, 0.3) is 0 Å². The molecule has 148 valence electrons. The Morgan fingerprint density at radius 2 is 1.88 bits per heavy atom. The Morgan fingerprint density at radius 3 is 2.50 bits per heavy atom. The minimum Gasteiger partial charge on any atom is -0.469 e. The zero-order valence-corrected chi connectivity index (χ0v) is 16.7. The maximum atomic E-state index is 12.6. The number of methoxy groups -OCH3 is 1. The van der Waals surface area contributed by atoms with Crippen LogP contribution in [-0.2, 0) is 14.3 Å². The van der Waals surface area contributed by atoms with Crippen LogP contribution in [0.3, 0.4) is 0 Å². The molecule has 0 aromatic carbocycles. The highest BCUT2D eigenvalue weighted by atomic mass is 16.6. The van der Waals surface area contributed by atoms with Crippen LogP contribution in [0, 0.1) is 28.6 Å². The van der Waals surface area contributed by atoms with Gasteiger partial charge in [-0.15, -0.1) is 0 Å². The van der Waals surface area contributed by atoms with Crippen LogP contribution in [0.2, 0.25) is 0 Å².